The smallest absolute Gasteiger partial charge is 0.258 e. The van der Waals surface area contributed by atoms with Crippen LogP contribution in [-0.4, -0.2) is 31.3 Å². The van der Waals surface area contributed by atoms with Crippen molar-refractivity contribution in [2.45, 2.75) is 13.5 Å². The third-order valence-electron chi connectivity index (χ3n) is 3.56. The van der Waals surface area contributed by atoms with Crippen LogP contribution in [0, 0.1) is 0 Å². The molecule has 2 aromatic rings. The van der Waals surface area contributed by atoms with Gasteiger partial charge in [-0.1, -0.05) is 12.1 Å². The van der Waals surface area contributed by atoms with Gasteiger partial charge in [0.05, 0.1) is 0 Å². The van der Waals surface area contributed by atoms with Crippen molar-refractivity contribution in [1.29, 1.82) is 0 Å². The average molecular weight is 340 g/mol. The van der Waals surface area contributed by atoms with Crippen LogP contribution in [0.2, 0.25) is 0 Å². The molecule has 6 nitrogen and oxygen atoms in total. The Morgan fingerprint density at radius 1 is 0.920 bits per heavy atom. The van der Waals surface area contributed by atoms with E-state index >= 15 is 0 Å². The SMILES string of the molecule is CNC(=O)c1ccc(CNC(=O)COc2ccc(C(C)=O)cc2)cc1. The van der Waals surface area contributed by atoms with E-state index in [1.165, 1.54) is 6.92 Å². The summed E-state index contributed by atoms with van der Waals surface area (Å²) in [5.74, 6) is 0.0904. The maximum absolute atomic E-state index is 11.8. The molecule has 0 aromatic heterocycles. The number of benzene rings is 2. The summed E-state index contributed by atoms with van der Waals surface area (Å²) in [7, 11) is 1.57. The Hall–Kier alpha value is -3.15. The van der Waals surface area contributed by atoms with Gasteiger partial charge in [0.15, 0.2) is 12.4 Å². The van der Waals surface area contributed by atoms with Crippen molar-refractivity contribution in [2.75, 3.05) is 13.7 Å². The molecule has 0 unspecified atom stereocenters. The molecule has 0 spiro atoms. The van der Waals surface area contributed by atoms with Crippen LogP contribution in [0.3, 0.4) is 0 Å². The summed E-state index contributed by atoms with van der Waals surface area (Å²) < 4.78 is 5.38. The van der Waals surface area contributed by atoms with Gasteiger partial charge in [-0.3, -0.25) is 14.4 Å². The lowest BCUT2D eigenvalue weighted by Gasteiger charge is -2.08. The molecule has 0 atom stereocenters. The molecule has 0 aliphatic heterocycles. The van der Waals surface area contributed by atoms with Gasteiger partial charge in [0.2, 0.25) is 0 Å². The van der Waals surface area contributed by atoms with Gasteiger partial charge < -0.3 is 15.4 Å². The third kappa shape index (κ3) is 5.46. The van der Waals surface area contributed by atoms with Crippen LogP contribution < -0.4 is 15.4 Å². The number of ether oxygens (including phenoxy) is 1. The molecule has 0 saturated carbocycles. The standard InChI is InChI=1S/C19H20N2O4/c1-13(22)15-7-9-17(10-8-15)25-12-18(23)21-11-14-3-5-16(6-4-14)19(24)20-2/h3-10H,11-12H2,1-2H3,(H,20,24)(H,21,23). The third-order valence-corrected chi connectivity index (χ3v) is 3.56. The fraction of sp³-hybridized carbons (Fsp3) is 0.211. The fourth-order valence-corrected chi connectivity index (χ4v) is 2.10. The zero-order valence-electron chi connectivity index (χ0n) is 14.2. The Kier molecular flexibility index (Phi) is 6.28. The number of amides is 2. The molecule has 0 radical (unpaired) electrons. The van der Waals surface area contributed by atoms with E-state index in [4.69, 9.17) is 4.74 Å². The van der Waals surface area contributed by atoms with E-state index in [2.05, 4.69) is 10.6 Å². The van der Waals surface area contributed by atoms with E-state index in [1.54, 1.807) is 55.6 Å². The molecule has 2 amide bonds. The first-order valence-corrected chi connectivity index (χ1v) is 7.81. The van der Waals surface area contributed by atoms with Crippen LogP contribution in [0.15, 0.2) is 48.5 Å². The highest BCUT2D eigenvalue weighted by Gasteiger charge is 2.06. The molecule has 0 heterocycles. The minimum Gasteiger partial charge on any atom is -0.484 e. The molecule has 130 valence electrons. The molecular weight excluding hydrogens is 320 g/mol. The summed E-state index contributed by atoms with van der Waals surface area (Å²) in [6.07, 6.45) is 0. The molecule has 0 aliphatic carbocycles. The summed E-state index contributed by atoms with van der Waals surface area (Å²) in [4.78, 5) is 34.5. The normalized spacial score (nSPS) is 10.0. The van der Waals surface area contributed by atoms with Crippen molar-refractivity contribution >= 4 is 17.6 Å². The minimum absolute atomic E-state index is 0.0215. The molecular formula is C19H20N2O4. The Bertz CT molecular complexity index is 752. The van der Waals surface area contributed by atoms with Gasteiger partial charge in [0.1, 0.15) is 5.75 Å². The molecule has 2 N–H and O–H groups in total. The number of hydrogen-bond acceptors (Lipinski definition) is 4. The second-order valence-corrected chi connectivity index (χ2v) is 5.42. The van der Waals surface area contributed by atoms with Crippen molar-refractivity contribution in [1.82, 2.24) is 10.6 Å². The Labute approximate surface area is 146 Å². The van der Waals surface area contributed by atoms with Crippen LogP contribution in [0.4, 0.5) is 0 Å². The number of carbonyl (C=O) groups is 3. The van der Waals surface area contributed by atoms with Crippen LogP contribution >= 0.6 is 0 Å². The summed E-state index contributed by atoms with van der Waals surface area (Å²) in [6, 6.07) is 13.6. The van der Waals surface area contributed by atoms with Crippen molar-refractivity contribution < 1.29 is 19.1 Å². The van der Waals surface area contributed by atoms with Crippen molar-refractivity contribution in [3.8, 4) is 5.75 Å². The van der Waals surface area contributed by atoms with Gasteiger partial charge in [0.25, 0.3) is 11.8 Å². The van der Waals surface area contributed by atoms with Gasteiger partial charge in [-0.2, -0.15) is 0 Å². The van der Waals surface area contributed by atoms with Crippen molar-refractivity contribution in [3.63, 3.8) is 0 Å². The number of hydrogen-bond donors (Lipinski definition) is 2. The lowest BCUT2D eigenvalue weighted by molar-refractivity contribution is -0.123. The van der Waals surface area contributed by atoms with E-state index in [9.17, 15) is 14.4 Å². The van der Waals surface area contributed by atoms with Gasteiger partial charge in [-0.25, -0.2) is 0 Å². The Morgan fingerprint density at radius 2 is 1.52 bits per heavy atom. The summed E-state index contributed by atoms with van der Waals surface area (Å²) >= 11 is 0. The second kappa shape index (κ2) is 8.63. The molecule has 2 rings (SSSR count). The number of carbonyl (C=O) groups excluding carboxylic acids is 3. The molecule has 2 aromatic carbocycles. The average Bonchev–Trinajstić information content (AvgIpc) is 2.64. The van der Waals surface area contributed by atoms with Crippen molar-refractivity contribution in [2.24, 2.45) is 0 Å². The maximum atomic E-state index is 11.8. The molecule has 6 heteroatoms. The molecule has 0 saturated heterocycles. The first-order chi connectivity index (χ1) is 12.0. The van der Waals surface area contributed by atoms with Gasteiger partial charge in [-0.15, -0.1) is 0 Å². The van der Waals surface area contributed by atoms with E-state index in [-0.39, 0.29) is 24.2 Å². The Balaban J connectivity index is 1.78. The quantitative estimate of drug-likeness (QED) is 0.755. The van der Waals surface area contributed by atoms with Crippen molar-refractivity contribution in [3.05, 3.63) is 65.2 Å². The largest absolute Gasteiger partial charge is 0.484 e. The number of nitrogens with one attached hydrogen (secondary N) is 2. The van der Waals surface area contributed by atoms with Gasteiger partial charge in [0, 0.05) is 24.7 Å². The van der Waals surface area contributed by atoms with E-state index < -0.39 is 0 Å². The number of rotatable bonds is 7. The maximum Gasteiger partial charge on any atom is 0.258 e. The highest BCUT2D eigenvalue weighted by atomic mass is 16.5. The molecule has 0 aliphatic rings. The zero-order valence-corrected chi connectivity index (χ0v) is 14.2. The highest BCUT2D eigenvalue weighted by Crippen LogP contribution is 2.12. The highest BCUT2D eigenvalue weighted by molar-refractivity contribution is 5.94. The minimum atomic E-state index is -0.258. The number of ketones is 1. The van der Waals surface area contributed by atoms with Crippen LogP contribution in [0.1, 0.15) is 33.2 Å². The lowest BCUT2D eigenvalue weighted by atomic mass is 10.1. The van der Waals surface area contributed by atoms with Gasteiger partial charge in [-0.05, 0) is 48.9 Å². The number of Topliss-reactive ketones (excluding diaryl/α,β-unsaturated/α-hetero) is 1. The summed E-state index contributed by atoms with van der Waals surface area (Å²) in [5.41, 5.74) is 2.04. The predicted octanol–water partition coefficient (Wildman–Crippen LogP) is 1.94. The summed E-state index contributed by atoms with van der Waals surface area (Å²) in [6.45, 7) is 1.72. The van der Waals surface area contributed by atoms with E-state index in [0.29, 0.717) is 23.4 Å². The van der Waals surface area contributed by atoms with Gasteiger partial charge >= 0.3 is 0 Å². The predicted molar refractivity (Wildman–Crippen MR) is 93.6 cm³/mol. The van der Waals surface area contributed by atoms with E-state index in [1.807, 2.05) is 0 Å². The topological polar surface area (TPSA) is 84.5 Å². The first-order valence-electron chi connectivity index (χ1n) is 7.81. The van der Waals surface area contributed by atoms with E-state index in [0.717, 1.165) is 5.56 Å². The lowest BCUT2D eigenvalue weighted by Crippen LogP contribution is -2.28. The first kappa shape index (κ1) is 18.2. The second-order valence-electron chi connectivity index (χ2n) is 5.42. The molecule has 0 fully saturated rings. The zero-order chi connectivity index (χ0) is 18.2. The monoisotopic (exact) mass is 340 g/mol. The molecule has 0 bridgehead atoms. The fourth-order valence-electron chi connectivity index (χ4n) is 2.10. The Morgan fingerprint density at radius 3 is 2.08 bits per heavy atom. The van der Waals surface area contributed by atoms with Crippen LogP contribution in [-0.2, 0) is 11.3 Å². The van der Waals surface area contributed by atoms with Crippen LogP contribution in [0.25, 0.3) is 0 Å². The van der Waals surface area contributed by atoms with Crippen LogP contribution in [0.5, 0.6) is 5.75 Å². The molecule has 25 heavy (non-hydrogen) atoms. The summed E-state index contributed by atoms with van der Waals surface area (Å²) in [5, 5.41) is 5.29.